The lowest BCUT2D eigenvalue weighted by Gasteiger charge is -2.10. The van der Waals surface area contributed by atoms with Gasteiger partial charge in [-0.1, -0.05) is 11.6 Å². The number of rotatable bonds is 6. The number of fused-ring (bicyclic) bond motifs is 1. The molecule has 0 aliphatic rings. The molecule has 0 atom stereocenters. The maximum absolute atomic E-state index is 12.9. The second-order valence-corrected chi connectivity index (χ2v) is 5.31. The van der Waals surface area contributed by atoms with Gasteiger partial charge in [-0.3, -0.25) is 9.20 Å². The average Bonchev–Trinajstić information content (AvgIpc) is 2.83. The summed E-state index contributed by atoms with van der Waals surface area (Å²) in [6.07, 6.45) is -3.81. The summed E-state index contributed by atoms with van der Waals surface area (Å²) in [5, 5.41) is 10.9. The molecule has 0 aliphatic carbocycles. The van der Waals surface area contributed by atoms with E-state index in [0.29, 0.717) is 0 Å². The van der Waals surface area contributed by atoms with Crippen molar-refractivity contribution in [1.29, 1.82) is 0 Å². The van der Waals surface area contributed by atoms with Gasteiger partial charge in [0.15, 0.2) is 5.65 Å². The quantitative estimate of drug-likeness (QED) is 0.768. The van der Waals surface area contributed by atoms with Gasteiger partial charge in [-0.25, -0.2) is 4.98 Å². The SMILES string of the molecule is Cc1nc2c(Cl)cc(C(F)(F)F)cn2c1C(=O)NCCOCCO. The van der Waals surface area contributed by atoms with Gasteiger partial charge in [0.05, 0.1) is 36.1 Å². The molecule has 0 radical (unpaired) electrons. The number of carbonyl (C=O) groups excluding carboxylic acids is 1. The molecule has 132 valence electrons. The molecule has 24 heavy (non-hydrogen) atoms. The zero-order chi connectivity index (χ0) is 17.9. The van der Waals surface area contributed by atoms with Gasteiger partial charge in [0.2, 0.25) is 0 Å². The predicted octanol–water partition coefficient (Wildman–Crippen LogP) is 2.05. The zero-order valence-corrected chi connectivity index (χ0v) is 13.4. The van der Waals surface area contributed by atoms with Gasteiger partial charge in [-0.05, 0) is 13.0 Å². The van der Waals surface area contributed by atoms with E-state index in [1.165, 1.54) is 6.92 Å². The van der Waals surface area contributed by atoms with Crippen LogP contribution in [0.3, 0.4) is 0 Å². The van der Waals surface area contributed by atoms with Crippen molar-refractivity contribution in [2.75, 3.05) is 26.4 Å². The van der Waals surface area contributed by atoms with Gasteiger partial charge in [-0.2, -0.15) is 13.2 Å². The number of carbonyl (C=O) groups is 1. The maximum Gasteiger partial charge on any atom is 0.417 e. The van der Waals surface area contributed by atoms with E-state index in [1.807, 2.05) is 0 Å². The standard InChI is InChI=1S/C14H15ClF3N3O3/c1-8-11(13(23)19-2-4-24-5-3-22)21-7-9(14(16,17)18)6-10(15)12(21)20-8/h6-7,22H,2-5H2,1H3,(H,19,23). The average molecular weight is 366 g/mol. The fraction of sp³-hybridized carbons (Fsp3) is 0.429. The van der Waals surface area contributed by atoms with Gasteiger partial charge in [0.1, 0.15) is 5.69 Å². The Kier molecular flexibility index (Phi) is 5.68. The highest BCUT2D eigenvalue weighted by Gasteiger charge is 2.32. The lowest BCUT2D eigenvalue weighted by molar-refractivity contribution is -0.137. The number of nitrogens with zero attached hydrogens (tertiary/aromatic N) is 2. The van der Waals surface area contributed by atoms with Crippen LogP contribution < -0.4 is 5.32 Å². The Balaban J connectivity index is 2.30. The van der Waals surface area contributed by atoms with Crippen LogP contribution in [0.2, 0.25) is 5.02 Å². The summed E-state index contributed by atoms with van der Waals surface area (Å²) in [4.78, 5) is 16.3. The Morgan fingerprint density at radius 3 is 2.79 bits per heavy atom. The lowest BCUT2D eigenvalue weighted by Crippen LogP contribution is -2.29. The van der Waals surface area contributed by atoms with Crippen molar-refractivity contribution >= 4 is 23.2 Å². The normalized spacial score (nSPS) is 11.9. The van der Waals surface area contributed by atoms with Crippen LogP contribution in [0.5, 0.6) is 0 Å². The number of hydrogen-bond acceptors (Lipinski definition) is 4. The molecule has 2 aromatic heterocycles. The molecule has 2 N–H and O–H groups in total. The molecule has 6 nitrogen and oxygen atoms in total. The van der Waals surface area contributed by atoms with Crippen LogP contribution in [0.15, 0.2) is 12.3 Å². The van der Waals surface area contributed by atoms with Crippen molar-refractivity contribution in [2.45, 2.75) is 13.1 Å². The Bertz CT molecular complexity index is 746. The van der Waals surface area contributed by atoms with Crippen LogP contribution in [0, 0.1) is 6.92 Å². The van der Waals surface area contributed by atoms with Gasteiger partial charge in [0, 0.05) is 12.7 Å². The summed E-state index contributed by atoms with van der Waals surface area (Å²) in [5.74, 6) is -0.594. The number of aliphatic hydroxyl groups is 1. The number of pyridine rings is 1. The summed E-state index contributed by atoms with van der Waals surface area (Å²) in [6, 6.07) is 0.772. The molecule has 0 bridgehead atoms. The number of imidazole rings is 1. The number of aromatic nitrogens is 2. The van der Waals surface area contributed by atoms with E-state index in [9.17, 15) is 18.0 Å². The molecular formula is C14H15ClF3N3O3. The van der Waals surface area contributed by atoms with Crippen LogP contribution in [-0.2, 0) is 10.9 Å². The minimum Gasteiger partial charge on any atom is -0.394 e. The summed E-state index contributed by atoms with van der Waals surface area (Å²) >= 11 is 5.86. The van der Waals surface area contributed by atoms with Crippen LogP contribution in [0.1, 0.15) is 21.7 Å². The topological polar surface area (TPSA) is 75.9 Å². The minimum absolute atomic E-state index is 0.0276. The van der Waals surface area contributed by atoms with Gasteiger partial charge < -0.3 is 15.2 Å². The van der Waals surface area contributed by atoms with Gasteiger partial charge in [-0.15, -0.1) is 0 Å². The largest absolute Gasteiger partial charge is 0.417 e. The van der Waals surface area contributed by atoms with E-state index in [0.717, 1.165) is 16.7 Å². The van der Waals surface area contributed by atoms with Crippen molar-refractivity contribution in [3.05, 3.63) is 34.2 Å². The first-order valence-electron chi connectivity index (χ1n) is 6.98. The predicted molar refractivity (Wildman–Crippen MR) is 80.2 cm³/mol. The highest BCUT2D eigenvalue weighted by Crippen LogP contribution is 2.33. The first-order valence-corrected chi connectivity index (χ1v) is 7.35. The number of amides is 1. The van der Waals surface area contributed by atoms with Crippen LogP contribution in [0.25, 0.3) is 5.65 Å². The third-order valence-corrected chi connectivity index (χ3v) is 3.44. The second-order valence-electron chi connectivity index (χ2n) is 4.91. The molecule has 0 spiro atoms. The molecular weight excluding hydrogens is 351 g/mol. The van der Waals surface area contributed by atoms with Crippen molar-refractivity contribution in [3.8, 4) is 0 Å². The number of alkyl halides is 3. The third kappa shape index (κ3) is 3.97. The highest BCUT2D eigenvalue weighted by molar-refractivity contribution is 6.33. The number of nitrogens with one attached hydrogen (secondary N) is 1. The molecule has 0 unspecified atom stereocenters. The van der Waals surface area contributed by atoms with Gasteiger partial charge >= 0.3 is 6.18 Å². The van der Waals surface area contributed by atoms with Gasteiger partial charge in [0.25, 0.3) is 5.91 Å². The van der Waals surface area contributed by atoms with E-state index in [4.69, 9.17) is 21.4 Å². The maximum atomic E-state index is 12.9. The summed E-state index contributed by atoms with van der Waals surface area (Å²) in [5.41, 5.74) is -0.674. The van der Waals surface area contributed by atoms with E-state index in [1.54, 1.807) is 0 Å². The Morgan fingerprint density at radius 1 is 1.46 bits per heavy atom. The molecule has 0 fully saturated rings. The molecule has 2 heterocycles. The van der Waals surface area contributed by atoms with E-state index in [2.05, 4.69) is 10.3 Å². The monoisotopic (exact) mass is 365 g/mol. The summed E-state index contributed by atoms with van der Waals surface area (Å²) in [6.45, 7) is 1.80. The molecule has 2 rings (SSSR count). The van der Waals surface area contributed by atoms with E-state index >= 15 is 0 Å². The lowest BCUT2D eigenvalue weighted by atomic mass is 10.2. The van der Waals surface area contributed by atoms with Crippen LogP contribution >= 0.6 is 11.6 Å². The first kappa shape index (κ1) is 18.5. The highest BCUT2D eigenvalue weighted by atomic mass is 35.5. The minimum atomic E-state index is -4.60. The third-order valence-electron chi connectivity index (χ3n) is 3.16. The molecule has 1 amide bonds. The smallest absolute Gasteiger partial charge is 0.394 e. The molecule has 10 heteroatoms. The number of ether oxygens (including phenoxy) is 1. The summed E-state index contributed by atoms with van der Waals surface area (Å²) in [7, 11) is 0. The van der Waals surface area contributed by atoms with Crippen LogP contribution in [-0.4, -0.2) is 46.8 Å². The Hall–Kier alpha value is -1.84. The summed E-state index contributed by atoms with van der Waals surface area (Å²) < 4.78 is 44.8. The van der Waals surface area contributed by atoms with Crippen LogP contribution in [0.4, 0.5) is 13.2 Å². The number of aryl methyl sites for hydroxylation is 1. The molecule has 0 saturated carbocycles. The zero-order valence-electron chi connectivity index (χ0n) is 12.7. The van der Waals surface area contributed by atoms with Crippen molar-refractivity contribution in [3.63, 3.8) is 0 Å². The van der Waals surface area contributed by atoms with E-state index in [-0.39, 0.29) is 48.4 Å². The number of hydrogen-bond donors (Lipinski definition) is 2. The van der Waals surface area contributed by atoms with Crippen molar-refractivity contribution < 1.29 is 27.8 Å². The second kappa shape index (κ2) is 7.37. The van der Waals surface area contributed by atoms with Crippen molar-refractivity contribution in [1.82, 2.24) is 14.7 Å². The fourth-order valence-electron chi connectivity index (χ4n) is 2.13. The Labute approximate surface area is 140 Å². The Morgan fingerprint density at radius 2 is 2.17 bits per heavy atom. The number of halogens is 4. The first-order chi connectivity index (χ1) is 11.3. The van der Waals surface area contributed by atoms with Crippen molar-refractivity contribution in [2.24, 2.45) is 0 Å². The molecule has 0 aliphatic heterocycles. The number of aliphatic hydroxyl groups excluding tert-OH is 1. The molecule has 0 saturated heterocycles. The fourth-order valence-corrected chi connectivity index (χ4v) is 2.38. The molecule has 2 aromatic rings. The molecule has 0 aromatic carbocycles. The van der Waals surface area contributed by atoms with E-state index < -0.39 is 17.6 Å².